The number of hydrogen-bond acceptors (Lipinski definition) is 4. The highest BCUT2D eigenvalue weighted by molar-refractivity contribution is 7.80. The second-order valence-electron chi connectivity index (χ2n) is 9.02. The van der Waals surface area contributed by atoms with E-state index in [1.165, 1.54) is 16.6 Å². The van der Waals surface area contributed by atoms with Gasteiger partial charge in [0.2, 0.25) is 0 Å². The Morgan fingerprint density at radius 3 is 2.40 bits per heavy atom. The van der Waals surface area contributed by atoms with Crippen LogP contribution in [0.25, 0.3) is 10.9 Å². The zero-order valence-electron chi connectivity index (χ0n) is 20.1. The summed E-state index contributed by atoms with van der Waals surface area (Å²) in [5, 5.41) is 8.38. The van der Waals surface area contributed by atoms with Crippen molar-refractivity contribution >= 4 is 45.3 Å². The molecule has 0 aliphatic carbocycles. The Bertz CT molecular complexity index is 1300. The second kappa shape index (κ2) is 10.8. The van der Waals surface area contributed by atoms with Crippen molar-refractivity contribution in [2.75, 3.05) is 48.3 Å². The first kappa shape index (κ1) is 23.3. The standard InChI is InChI=1S/C29H31N5S/c1-22-13-14-26-27(30-22)11-6-12-28(26)34-19-17-33(18-20-34)16-15-23-7-5-10-25(21-23)32-29(35)31-24-8-3-2-4-9-24/h2-14,21H,15-20H2,1H3,(H2,31,32,35). The molecular weight excluding hydrogens is 450 g/mol. The predicted molar refractivity (Wildman–Crippen MR) is 152 cm³/mol. The average molecular weight is 482 g/mol. The normalized spacial score (nSPS) is 14.1. The lowest BCUT2D eigenvalue weighted by atomic mass is 10.1. The number of rotatable bonds is 6. The summed E-state index contributed by atoms with van der Waals surface area (Å²) in [7, 11) is 0. The number of pyridine rings is 1. The SMILES string of the molecule is Cc1ccc2c(N3CCN(CCc4cccc(NC(=S)Nc5ccccc5)c4)CC3)cccc2n1. The minimum atomic E-state index is 0.600. The number of aryl methyl sites for hydroxylation is 1. The van der Waals surface area contributed by atoms with Gasteiger partial charge >= 0.3 is 0 Å². The number of piperazine rings is 1. The summed E-state index contributed by atoms with van der Waals surface area (Å²) < 4.78 is 0. The van der Waals surface area contributed by atoms with Gasteiger partial charge in [-0.15, -0.1) is 0 Å². The van der Waals surface area contributed by atoms with Crippen LogP contribution in [0.5, 0.6) is 0 Å². The van der Waals surface area contributed by atoms with Crippen LogP contribution < -0.4 is 15.5 Å². The summed E-state index contributed by atoms with van der Waals surface area (Å²) in [5.74, 6) is 0. The van der Waals surface area contributed by atoms with Gasteiger partial charge in [-0.25, -0.2) is 0 Å². The van der Waals surface area contributed by atoms with E-state index in [0.717, 1.165) is 61.7 Å². The number of anilines is 3. The fourth-order valence-electron chi connectivity index (χ4n) is 4.64. The molecule has 2 heterocycles. The van der Waals surface area contributed by atoms with E-state index in [2.05, 4.69) is 75.0 Å². The van der Waals surface area contributed by atoms with Gasteiger partial charge in [0.1, 0.15) is 0 Å². The van der Waals surface area contributed by atoms with Crippen LogP contribution in [0.15, 0.2) is 84.9 Å². The van der Waals surface area contributed by atoms with E-state index in [1.807, 2.05) is 37.3 Å². The summed E-state index contributed by atoms with van der Waals surface area (Å²) in [6.45, 7) is 7.31. The minimum absolute atomic E-state index is 0.600. The smallest absolute Gasteiger partial charge is 0.175 e. The molecule has 178 valence electrons. The first-order chi connectivity index (χ1) is 17.1. The molecule has 4 aromatic rings. The first-order valence-electron chi connectivity index (χ1n) is 12.2. The van der Waals surface area contributed by atoms with Crippen molar-refractivity contribution in [1.29, 1.82) is 0 Å². The molecular formula is C29H31N5S. The Kier molecular flexibility index (Phi) is 7.21. The molecule has 0 unspecified atom stereocenters. The van der Waals surface area contributed by atoms with Crippen molar-refractivity contribution in [3.8, 4) is 0 Å². The summed E-state index contributed by atoms with van der Waals surface area (Å²) >= 11 is 5.48. The van der Waals surface area contributed by atoms with Crippen molar-refractivity contribution in [3.05, 3.63) is 96.2 Å². The zero-order valence-corrected chi connectivity index (χ0v) is 20.9. The molecule has 3 aromatic carbocycles. The molecule has 0 amide bonds. The van der Waals surface area contributed by atoms with Crippen LogP contribution in [0.1, 0.15) is 11.3 Å². The van der Waals surface area contributed by atoms with E-state index in [1.54, 1.807) is 0 Å². The Labute approximate surface area is 212 Å². The van der Waals surface area contributed by atoms with Gasteiger partial charge in [-0.3, -0.25) is 9.88 Å². The number of nitrogens with one attached hydrogen (secondary N) is 2. The lowest BCUT2D eigenvalue weighted by Crippen LogP contribution is -2.47. The van der Waals surface area contributed by atoms with Crippen molar-refractivity contribution in [2.45, 2.75) is 13.3 Å². The van der Waals surface area contributed by atoms with Crippen LogP contribution in [0, 0.1) is 6.92 Å². The lowest BCUT2D eigenvalue weighted by Gasteiger charge is -2.36. The van der Waals surface area contributed by atoms with Crippen molar-refractivity contribution in [2.24, 2.45) is 0 Å². The summed E-state index contributed by atoms with van der Waals surface area (Å²) in [6.07, 6.45) is 1.02. The van der Waals surface area contributed by atoms with Crippen LogP contribution >= 0.6 is 12.2 Å². The van der Waals surface area contributed by atoms with Crippen molar-refractivity contribution in [1.82, 2.24) is 9.88 Å². The molecule has 0 atom stereocenters. The highest BCUT2D eigenvalue weighted by atomic mass is 32.1. The van der Waals surface area contributed by atoms with Gasteiger partial charge < -0.3 is 15.5 Å². The first-order valence-corrected chi connectivity index (χ1v) is 12.6. The third-order valence-corrected chi connectivity index (χ3v) is 6.70. The fourth-order valence-corrected chi connectivity index (χ4v) is 4.87. The van der Waals surface area contributed by atoms with E-state index in [-0.39, 0.29) is 0 Å². The van der Waals surface area contributed by atoms with Gasteiger partial charge in [0.25, 0.3) is 0 Å². The molecule has 1 fully saturated rings. The Morgan fingerprint density at radius 1 is 0.829 bits per heavy atom. The molecule has 1 aliphatic heterocycles. The van der Waals surface area contributed by atoms with Gasteiger partial charge in [-0.05, 0) is 79.7 Å². The molecule has 5 rings (SSSR count). The molecule has 1 aliphatic rings. The van der Waals surface area contributed by atoms with E-state index in [0.29, 0.717) is 5.11 Å². The fraction of sp³-hybridized carbons (Fsp3) is 0.241. The summed E-state index contributed by atoms with van der Waals surface area (Å²) in [5.41, 5.74) is 6.75. The third-order valence-electron chi connectivity index (χ3n) is 6.49. The monoisotopic (exact) mass is 481 g/mol. The van der Waals surface area contributed by atoms with Crippen LogP contribution in [0.4, 0.5) is 17.1 Å². The maximum atomic E-state index is 5.48. The number of aromatic nitrogens is 1. The maximum Gasteiger partial charge on any atom is 0.175 e. The number of fused-ring (bicyclic) bond motifs is 1. The van der Waals surface area contributed by atoms with Crippen LogP contribution in [0.3, 0.4) is 0 Å². The van der Waals surface area contributed by atoms with E-state index < -0.39 is 0 Å². The van der Waals surface area contributed by atoms with Gasteiger partial charge in [0.05, 0.1) is 5.52 Å². The quantitative estimate of drug-likeness (QED) is 0.344. The van der Waals surface area contributed by atoms with Crippen LogP contribution in [-0.4, -0.2) is 47.7 Å². The molecule has 0 radical (unpaired) electrons. The number of thiocarbonyl (C=S) groups is 1. The minimum Gasteiger partial charge on any atom is -0.368 e. The van der Waals surface area contributed by atoms with E-state index in [9.17, 15) is 0 Å². The third kappa shape index (κ3) is 5.96. The summed E-state index contributed by atoms with van der Waals surface area (Å²) in [6, 6.07) is 29.3. The Hall–Kier alpha value is -3.48. The molecule has 0 bridgehead atoms. The highest BCUT2D eigenvalue weighted by Gasteiger charge is 2.18. The second-order valence-corrected chi connectivity index (χ2v) is 9.43. The Balaban J connectivity index is 1.13. The highest BCUT2D eigenvalue weighted by Crippen LogP contribution is 2.27. The zero-order chi connectivity index (χ0) is 24.0. The van der Waals surface area contributed by atoms with Crippen molar-refractivity contribution < 1.29 is 0 Å². The van der Waals surface area contributed by atoms with Crippen LogP contribution in [-0.2, 0) is 6.42 Å². The molecule has 35 heavy (non-hydrogen) atoms. The molecule has 0 spiro atoms. The molecule has 6 heteroatoms. The summed E-state index contributed by atoms with van der Waals surface area (Å²) in [4.78, 5) is 9.76. The number of para-hydroxylation sites is 1. The average Bonchev–Trinajstić information content (AvgIpc) is 2.88. The number of hydrogen-bond donors (Lipinski definition) is 2. The Morgan fingerprint density at radius 2 is 1.57 bits per heavy atom. The number of benzene rings is 3. The van der Waals surface area contributed by atoms with E-state index >= 15 is 0 Å². The van der Waals surface area contributed by atoms with Gasteiger partial charge in [-0.2, -0.15) is 0 Å². The number of nitrogens with zero attached hydrogens (tertiary/aromatic N) is 3. The van der Waals surface area contributed by atoms with Gasteiger partial charge in [0.15, 0.2) is 5.11 Å². The molecule has 0 saturated carbocycles. The van der Waals surface area contributed by atoms with Gasteiger partial charge in [-0.1, -0.05) is 36.4 Å². The molecule has 1 aromatic heterocycles. The lowest BCUT2D eigenvalue weighted by molar-refractivity contribution is 0.261. The predicted octanol–water partition coefficient (Wildman–Crippen LogP) is 5.72. The molecule has 5 nitrogen and oxygen atoms in total. The largest absolute Gasteiger partial charge is 0.368 e. The topological polar surface area (TPSA) is 43.4 Å². The van der Waals surface area contributed by atoms with E-state index in [4.69, 9.17) is 17.2 Å². The molecule has 2 N–H and O–H groups in total. The molecule has 1 saturated heterocycles. The van der Waals surface area contributed by atoms with Gasteiger partial charge in [0, 0.05) is 60.9 Å². The maximum absolute atomic E-state index is 5.48. The van der Waals surface area contributed by atoms with Crippen molar-refractivity contribution in [3.63, 3.8) is 0 Å². The van der Waals surface area contributed by atoms with Crippen LogP contribution in [0.2, 0.25) is 0 Å².